The lowest BCUT2D eigenvalue weighted by Gasteiger charge is -2.07. The van der Waals surface area contributed by atoms with Gasteiger partial charge in [-0.2, -0.15) is 0 Å². The van der Waals surface area contributed by atoms with E-state index < -0.39 is 0 Å². The summed E-state index contributed by atoms with van der Waals surface area (Å²) in [5.74, 6) is 0.237. The van der Waals surface area contributed by atoms with Crippen LogP contribution in [0.15, 0.2) is 42.7 Å². The van der Waals surface area contributed by atoms with E-state index in [0.29, 0.717) is 11.6 Å². The van der Waals surface area contributed by atoms with Gasteiger partial charge in [-0.25, -0.2) is 0 Å². The van der Waals surface area contributed by atoms with Gasteiger partial charge in [0.25, 0.3) is 0 Å². The second-order valence-corrected chi connectivity index (χ2v) is 3.80. The van der Waals surface area contributed by atoms with E-state index in [1.165, 1.54) is 0 Å². The molecule has 0 aliphatic carbocycles. The van der Waals surface area contributed by atoms with Gasteiger partial charge in [0, 0.05) is 29.5 Å². The fourth-order valence-electron chi connectivity index (χ4n) is 1.36. The first-order valence-electron chi connectivity index (χ1n) is 4.87. The number of anilines is 1. The first-order valence-corrected chi connectivity index (χ1v) is 5.25. The van der Waals surface area contributed by atoms with Gasteiger partial charge in [0.1, 0.15) is 5.75 Å². The molecule has 0 atom stereocenters. The molecule has 0 spiro atoms. The van der Waals surface area contributed by atoms with E-state index in [0.717, 1.165) is 11.3 Å². The van der Waals surface area contributed by atoms with E-state index in [1.54, 1.807) is 30.6 Å². The third-order valence-corrected chi connectivity index (χ3v) is 2.42. The van der Waals surface area contributed by atoms with Crippen LogP contribution in [0.3, 0.4) is 0 Å². The number of hydrogen-bond donors (Lipinski definition) is 2. The molecule has 0 bridgehead atoms. The first-order chi connectivity index (χ1) is 7.75. The van der Waals surface area contributed by atoms with Gasteiger partial charge in [-0.3, -0.25) is 4.98 Å². The van der Waals surface area contributed by atoms with Crippen LogP contribution in [0.2, 0.25) is 5.02 Å². The Morgan fingerprint density at radius 3 is 2.94 bits per heavy atom. The minimum Gasteiger partial charge on any atom is -0.508 e. The average molecular weight is 235 g/mol. The number of aromatic hydroxyl groups is 1. The zero-order chi connectivity index (χ0) is 11.4. The zero-order valence-corrected chi connectivity index (χ0v) is 9.28. The molecule has 2 rings (SSSR count). The molecule has 2 N–H and O–H groups in total. The van der Waals surface area contributed by atoms with Crippen molar-refractivity contribution >= 4 is 17.3 Å². The van der Waals surface area contributed by atoms with Crippen LogP contribution in [0.4, 0.5) is 5.69 Å². The molecule has 0 amide bonds. The Kier molecular flexibility index (Phi) is 3.27. The SMILES string of the molecule is Oc1ccc(Cl)cc1CNc1cccnc1. The van der Waals surface area contributed by atoms with Crippen molar-refractivity contribution in [1.29, 1.82) is 0 Å². The van der Waals surface area contributed by atoms with E-state index in [2.05, 4.69) is 10.3 Å². The summed E-state index contributed by atoms with van der Waals surface area (Å²) in [7, 11) is 0. The molecule has 0 fully saturated rings. The molecule has 0 radical (unpaired) electrons. The molecular formula is C12H11ClN2O. The van der Waals surface area contributed by atoms with Crippen LogP contribution in [0.25, 0.3) is 0 Å². The third kappa shape index (κ3) is 2.64. The number of phenolic OH excluding ortho intramolecular Hbond substituents is 1. The van der Waals surface area contributed by atoms with Crippen molar-refractivity contribution in [2.45, 2.75) is 6.54 Å². The Balaban J connectivity index is 2.08. The predicted molar refractivity (Wildman–Crippen MR) is 64.7 cm³/mol. The van der Waals surface area contributed by atoms with Crippen molar-refractivity contribution in [2.75, 3.05) is 5.32 Å². The van der Waals surface area contributed by atoms with Crippen molar-refractivity contribution in [3.63, 3.8) is 0 Å². The standard InChI is InChI=1S/C12H11ClN2O/c13-10-3-4-12(16)9(6-10)7-15-11-2-1-5-14-8-11/h1-6,8,15-16H,7H2. The smallest absolute Gasteiger partial charge is 0.120 e. The number of hydrogen-bond acceptors (Lipinski definition) is 3. The lowest BCUT2D eigenvalue weighted by molar-refractivity contribution is 0.469. The van der Waals surface area contributed by atoms with Gasteiger partial charge in [-0.15, -0.1) is 0 Å². The van der Waals surface area contributed by atoms with Gasteiger partial charge < -0.3 is 10.4 Å². The number of pyridine rings is 1. The lowest BCUT2D eigenvalue weighted by atomic mass is 10.2. The maximum absolute atomic E-state index is 9.60. The number of aromatic nitrogens is 1. The molecule has 0 saturated heterocycles. The van der Waals surface area contributed by atoms with Crippen LogP contribution in [0, 0.1) is 0 Å². The van der Waals surface area contributed by atoms with Gasteiger partial charge in [0.2, 0.25) is 0 Å². The predicted octanol–water partition coefficient (Wildman–Crippen LogP) is 3.05. The van der Waals surface area contributed by atoms with Crippen LogP contribution in [-0.4, -0.2) is 10.1 Å². The van der Waals surface area contributed by atoms with Crippen LogP contribution < -0.4 is 5.32 Å². The molecule has 0 aliphatic rings. The highest BCUT2D eigenvalue weighted by Crippen LogP contribution is 2.22. The summed E-state index contributed by atoms with van der Waals surface area (Å²) >= 11 is 5.85. The van der Waals surface area contributed by atoms with Crippen molar-refractivity contribution in [3.8, 4) is 5.75 Å². The van der Waals surface area contributed by atoms with Gasteiger partial charge in [0.05, 0.1) is 5.69 Å². The summed E-state index contributed by atoms with van der Waals surface area (Å²) in [6.45, 7) is 0.512. The Morgan fingerprint density at radius 1 is 1.31 bits per heavy atom. The molecule has 1 aromatic carbocycles. The summed E-state index contributed by atoms with van der Waals surface area (Å²) < 4.78 is 0. The topological polar surface area (TPSA) is 45.1 Å². The summed E-state index contributed by atoms with van der Waals surface area (Å²) in [5, 5.41) is 13.4. The van der Waals surface area contributed by atoms with E-state index in [1.807, 2.05) is 12.1 Å². The normalized spacial score (nSPS) is 10.1. The largest absolute Gasteiger partial charge is 0.508 e. The fraction of sp³-hybridized carbons (Fsp3) is 0.0833. The lowest BCUT2D eigenvalue weighted by Crippen LogP contribution is -1.99. The summed E-state index contributed by atoms with van der Waals surface area (Å²) in [6, 6.07) is 8.74. The Morgan fingerprint density at radius 2 is 2.19 bits per heavy atom. The second kappa shape index (κ2) is 4.86. The van der Waals surface area contributed by atoms with Gasteiger partial charge in [0.15, 0.2) is 0 Å². The molecule has 0 unspecified atom stereocenters. The molecule has 0 saturated carbocycles. The molecule has 0 aliphatic heterocycles. The monoisotopic (exact) mass is 234 g/mol. The maximum atomic E-state index is 9.60. The number of phenols is 1. The van der Waals surface area contributed by atoms with Crippen LogP contribution in [0.1, 0.15) is 5.56 Å². The fourth-order valence-corrected chi connectivity index (χ4v) is 1.55. The quantitative estimate of drug-likeness (QED) is 0.858. The Labute approximate surface area is 98.7 Å². The van der Waals surface area contributed by atoms with Gasteiger partial charge >= 0.3 is 0 Å². The number of benzene rings is 1. The van der Waals surface area contributed by atoms with Gasteiger partial charge in [-0.1, -0.05) is 11.6 Å². The second-order valence-electron chi connectivity index (χ2n) is 3.37. The van der Waals surface area contributed by atoms with Gasteiger partial charge in [-0.05, 0) is 30.3 Å². The third-order valence-electron chi connectivity index (χ3n) is 2.19. The summed E-state index contributed by atoms with van der Waals surface area (Å²) in [5.41, 5.74) is 1.67. The highest BCUT2D eigenvalue weighted by atomic mass is 35.5. The van der Waals surface area contributed by atoms with Crippen molar-refractivity contribution < 1.29 is 5.11 Å². The maximum Gasteiger partial charge on any atom is 0.120 e. The van der Waals surface area contributed by atoms with E-state index in [9.17, 15) is 5.11 Å². The van der Waals surface area contributed by atoms with Crippen LogP contribution in [-0.2, 0) is 6.54 Å². The molecule has 1 aromatic heterocycles. The minimum atomic E-state index is 0.237. The van der Waals surface area contributed by atoms with Crippen molar-refractivity contribution in [2.24, 2.45) is 0 Å². The minimum absolute atomic E-state index is 0.237. The number of nitrogens with one attached hydrogen (secondary N) is 1. The Bertz CT molecular complexity index is 474. The zero-order valence-electron chi connectivity index (χ0n) is 8.52. The number of rotatable bonds is 3. The van der Waals surface area contributed by atoms with Crippen LogP contribution in [0.5, 0.6) is 5.75 Å². The summed E-state index contributed by atoms with van der Waals surface area (Å²) in [4.78, 5) is 3.99. The average Bonchev–Trinajstić information content (AvgIpc) is 2.32. The molecule has 2 aromatic rings. The number of halogens is 1. The molecular weight excluding hydrogens is 224 g/mol. The molecule has 3 nitrogen and oxygen atoms in total. The Hall–Kier alpha value is -1.74. The molecule has 4 heteroatoms. The molecule has 82 valence electrons. The van der Waals surface area contributed by atoms with Crippen LogP contribution >= 0.6 is 11.6 Å². The molecule has 16 heavy (non-hydrogen) atoms. The van der Waals surface area contributed by atoms with E-state index >= 15 is 0 Å². The van der Waals surface area contributed by atoms with Crippen molar-refractivity contribution in [1.82, 2.24) is 4.98 Å². The summed E-state index contributed by atoms with van der Waals surface area (Å²) in [6.07, 6.45) is 3.43. The number of nitrogens with zero attached hydrogens (tertiary/aromatic N) is 1. The highest BCUT2D eigenvalue weighted by Gasteiger charge is 2.01. The van der Waals surface area contributed by atoms with E-state index in [-0.39, 0.29) is 5.75 Å². The van der Waals surface area contributed by atoms with E-state index in [4.69, 9.17) is 11.6 Å². The first kappa shape index (κ1) is 10.8. The molecule has 1 heterocycles. The van der Waals surface area contributed by atoms with Crippen molar-refractivity contribution in [3.05, 3.63) is 53.3 Å². The highest BCUT2D eigenvalue weighted by molar-refractivity contribution is 6.30.